The van der Waals surface area contributed by atoms with Crippen molar-refractivity contribution < 1.29 is 33.2 Å². The molecule has 1 heterocycles. The van der Waals surface area contributed by atoms with Crippen LogP contribution in [0.25, 0.3) is 0 Å². The molecule has 0 saturated carbocycles. The number of hydrogen-bond acceptors (Lipinski definition) is 5. The molecule has 0 aliphatic carbocycles. The minimum absolute atomic E-state index is 0.293. The van der Waals surface area contributed by atoms with Gasteiger partial charge in [0.2, 0.25) is 0 Å². The van der Waals surface area contributed by atoms with Crippen molar-refractivity contribution in [3.05, 3.63) is 0 Å². The number of ether oxygens (including phenoxy) is 1. The first-order valence-corrected chi connectivity index (χ1v) is 6.64. The van der Waals surface area contributed by atoms with Crippen LogP contribution in [-0.2, 0) is 18.6 Å². The summed E-state index contributed by atoms with van der Waals surface area (Å²) in [7, 11) is -4.56. The molecule has 1 aliphatic heterocycles. The molecule has 1 fully saturated rings. The number of imide groups is 1. The largest absolute Gasteiger partial charge is 0.469 e. The first kappa shape index (κ1) is 15.1. The van der Waals surface area contributed by atoms with Crippen LogP contribution < -0.4 is 11.1 Å². The fraction of sp³-hybridized carbons (Fsp3) is 0.750. The van der Waals surface area contributed by atoms with Crippen LogP contribution >= 0.6 is 7.82 Å². The predicted molar refractivity (Wildman–Crippen MR) is 58.2 cm³/mol. The number of phosphoric ester groups is 1. The zero-order valence-corrected chi connectivity index (χ0v) is 10.6. The topological polar surface area (TPSA) is 148 Å². The molecule has 0 radical (unpaired) electrons. The van der Waals surface area contributed by atoms with E-state index in [1.807, 2.05) is 5.32 Å². The van der Waals surface area contributed by atoms with Crippen molar-refractivity contribution in [1.82, 2.24) is 5.32 Å². The molecule has 5 N–H and O–H groups in total. The number of nitrogens with one attached hydrogen (secondary N) is 1. The van der Waals surface area contributed by atoms with Crippen molar-refractivity contribution in [2.75, 3.05) is 6.61 Å². The Morgan fingerprint density at radius 2 is 2.22 bits per heavy atom. The van der Waals surface area contributed by atoms with E-state index in [-0.39, 0.29) is 6.61 Å². The molecule has 3 amide bonds. The molecule has 104 valence electrons. The van der Waals surface area contributed by atoms with Gasteiger partial charge in [0.15, 0.2) is 0 Å². The van der Waals surface area contributed by atoms with E-state index in [1.54, 1.807) is 0 Å². The highest BCUT2D eigenvalue weighted by atomic mass is 31.2. The molecule has 10 heteroatoms. The number of rotatable bonds is 4. The molecule has 0 aromatic carbocycles. The van der Waals surface area contributed by atoms with Gasteiger partial charge in [-0.05, 0) is 19.8 Å². The summed E-state index contributed by atoms with van der Waals surface area (Å²) in [4.78, 5) is 39.2. The van der Waals surface area contributed by atoms with Gasteiger partial charge in [-0.15, -0.1) is 0 Å². The van der Waals surface area contributed by atoms with Gasteiger partial charge in [0, 0.05) is 0 Å². The van der Waals surface area contributed by atoms with Gasteiger partial charge >= 0.3 is 13.9 Å². The maximum atomic E-state index is 11.6. The van der Waals surface area contributed by atoms with Gasteiger partial charge in [-0.2, -0.15) is 0 Å². The van der Waals surface area contributed by atoms with Crippen molar-refractivity contribution in [2.24, 2.45) is 5.73 Å². The molecule has 0 aromatic heterocycles. The molecule has 1 rings (SSSR count). The van der Waals surface area contributed by atoms with E-state index in [4.69, 9.17) is 20.3 Å². The Balaban J connectivity index is 2.51. The second-order valence-corrected chi connectivity index (χ2v) is 5.35. The maximum absolute atomic E-state index is 11.6. The van der Waals surface area contributed by atoms with Crippen molar-refractivity contribution in [3.8, 4) is 0 Å². The van der Waals surface area contributed by atoms with Gasteiger partial charge in [-0.3, -0.25) is 14.6 Å². The molecule has 0 bridgehead atoms. The third-order valence-corrected chi connectivity index (χ3v) is 3.00. The summed E-state index contributed by atoms with van der Waals surface area (Å²) in [5.41, 5.74) is 3.56. The van der Waals surface area contributed by atoms with Gasteiger partial charge in [0.25, 0.3) is 5.91 Å². The van der Waals surface area contributed by atoms with Crippen LogP contribution in [-0.4, -0.2) is 40.0 Å². The highest BCUT2D eigenvalue weighted by molar-refractivity contribution is 7.46. The maximum Gasteiger partial charge on any atom is 0.469 e. The van der Waals surface area contributed by atoms with E-state index < -0.39 is 31.5 Å². The van der Waals surface area contributed by atoms with Crippen molar-refractivity contribution in [1.29, 1.82) is 0 Å². The van der Waals surface area contributed by atoms with Gasteiger partial charge in [-0.1, -0.05) is 0 Å². The lowest BCUT2D eigenvalue weighted by atomic mass is 10.0. The lowest BCUT2D eigenvalue weighted by molar-refractivity contribution is -0.143. The van der Waals surface area contributed by atoms with E-state index in [9.17, 15) is 14.2 Å². The lowest BCUT2D eigenvalue weighted by Gasteiger charge is -2.22. The number of phosphoric acid groups is 1. The minimum atomic E-state index is -4.56. The third kappa shape index (κ3) is 4.35. The Hall–Kier alpha value is -0.990. The first-order valence-electron chi connectivity index (χ1n) is 5.11. The number of urea groups is 1. The highest BCUT2D eigenvalue weighted by Crippen LogP contribution is 2.38. The summed E-state index contributed by atoms with van der Waals surface area (Å²) in [6.45, 7) is 1.13. The fourth-order valence-corrected chi connectivity index (χ4v) is 1.99. The Labute approximate surface area is 103 Å². The number of carbonyl (C=O) groups excluding carboxylic acids is 2. The quantitative estimate of drug-likeness (QED) is 0.494. The zero-order valence-electron chi connectivity index (χ0n) is 9.66. The van der Waals surface area contributed by atoms with E-state index in [0.717, 1.165) is 0 Å². The molecule has 0 unspecified atom stereocenters. The normalized spacial score (nSPS) is 28.1. The molecule has 1 aliphatic rings. The molecule has 2 atom stereocenters. The zero-order chi connectivity index (χ0) is 14.0. The van der Waals surface area contributed by atoms with Gasteiger partial charge < -0.3 is 20.3 Å². The summed E-state index contributed by atoms with van der Waals surface area (Å²) in [6.07, 6.45) is 0.0468. The SMILES string of the molecule is C[C@@]1(C(=O)NC(N)=O)CC[C@@H](COP(=O)(O)O)O1. The number of amides is 3. The molecular formula is C8H15N2O7P. The number of hydrogen-bond donors (Lipinski definition) is 4. The molecule has 18 heavy (non-hydrogen) atoms. The molecule has 0 spiro atoms. The Morgan fingerprint density at radius 1 is 1.61 bits per heavy atom. The van der Waals surface area contributed by atoms with Crippen LogP contribution in [0.5, 0.6) is 0 Å². The van der Waals surface area contributed by atoms with Crippen LogP contribution in [0, 0.1) is 0 Å². The number of primary amides is 1. The van der Waals surface area contributed by atoms with E-state index in [2.05, 4.69) is 4.52 Å². The van der Waals surface area contributed by atoms with Crippen molar-refractivity contribution >= 4 is 19.8 Å². The predicted octanol–water partition coefficient (Wildman–Crippen LogP) is -0.772. The van der Waals surface area contributed by atoms with Gasteiger partial charge in [-0.25, -0.2) is 9.36 Å². The van der Waals surface area contributed by atoms with Crippen molar-refractivity contribution in [2.45, 2.75) is 31.5 Å². The van der Waals surface area contributed by atoms with Crippen LogP contribution in [0.3, 0.4) is 0 Å². The third-order valence-electron chi connectivity index (χ3n) is 2.52. The second kappa shape index (κ2) is 5.33. The van der Waals surface area contributed by atoms with E-state index in [0.29, 0.717) is 12.8 Å². The fourth-order valence-electron chi connectivity index (χ4n) is 1.63. The van der Waals surface area contributed by atoms with Crippen LogP contribution in [0.15, 0.2) is 0 Å². The Kier molecular flexibility index (Phi) is 4.46. The highest BCUT2D eigenvalue weighted by Gasteiger charge is 2.43. The van der Waals surface area contributed by atoms with Crippen molar-refractivity contribution in [3.63, 3.8) is 0 Å². The standard InChI is InChI=1S/C8H15N2O7P/c1-8(6(11)10-7(9)12)3-2-5(17-8)4-16-18(13,14)15/h5H,2-4H2,1H3,(H2,13,14,15)(H3,9,10,11,12)/t5-,8-/m0/s1. The van der Waals surface area contributed by atoms with Gasteiger partial charge in [0.1, 0.15) is 5.60 Å². The molecule has 9 nitrogen and oxygen atoms in total. The molecular weight excluding hydrogens is 267 g/mol. The van der Waals surface area contributed by atoms with Gasteiger partial charge in [0.05, 0.1) is 12.7 Å². The molecule has 0 aromatic rings. The van der Waals surface area contributed by atoms with E-state index in [1.165, 1.54) is 6.92 Å². The second-order valence-electron chi connectivity index (χ2n) is 4.11. The van der Waals surface area contributed by atoms with Crippen LogP contribution in [0.4, 0.5) is 4.79 Å². The first-order chi connectivity index (χ1) is 8.12. The van der Waals surface area contributed by atoms with Crippen LogP contribution in [0.1, 0.15) is 19.8 Å². The summed E-state index contributed by atoms with van der Waals surface area (Å²) in [5, 5.41) is 1.90. The average Bonchev–Trinajstić information content (AvgIpc) is 2.57. The summed E-state index contributed by atoms with van der Waals surface area (Å²) < 4.78 is 20.1. The summed E-state index contributed by atoms with van der Waals surface area (Å²) in [5.74, 6) is -0.686. The Bertz CT molecular complexity index is 395. The van der Waals surface area contributed by atoms with E-state index >= 15 is 0 Å². The summed E-state index contributed by atoms with van der Waals surface area (Å²) in [6, 6.07) is -0.986. The minimum Gasteiger partial charge on any atom is -0.360 e. The smallest absolute Gasteiger partial charge is 0.360 e. The monoisotopic (exact) mass is 282 g/mol. The Morgan fingerprint density at radius 3 is 2.72 bits per heavy atom. The average molecular weight is 282 g/mol. The number of carbonyl (C=O) groups is 2. The number of nitrogens with two attached hydrogens (primary N) is 1. The summed E-state index contributed by atoms with van der Waals surface area (Å²) >= 11 is 0. The van der Waals surface area contributed by atoms with Crippen LogP contribution in [0.2, 0.25) is 0 Å². The lowest BCUT2D eigenvalue weighted by Crippen LogP contribution is -2.48. The molecule has 1 saturated heterocycles.